The number of anilines is 1. The molecule has 2 aromatic heterocycles. The molecule has 1 amide bonds. The number of nitrogens with zero attached hydrogens (tertiary/aromatic N) is 5. The van der Waals surface area contributed by atoms with Crippen LogP contribution in [0.25, 0.3) is 17.2 Å². The Bertz CT molecular complexity index is 1240. The van der Waals surface area contributed by atoms with Gasteiger partial charge < -0.3 is 14.5 Å². The topological polar surface area (TPSA) is 82.4 Å². The fourth-order valence-electron chi connectivity index (χ4n) is 5.36. The van der Waals surface area contributed by atoms with E-state index in [0.717, 1.165) is 54.0 Å². The normalized spacial score (nSPS) is 23.6. The van der Waals surface area contributed by atoms with Crippen molar-refractivity contribution < 1.29 is 9.53 Å². The van der Waals surface area contributed by atoms with E-state index in [-0.39, 0.29) is 17.9 Å². The van der Waals surface area contributed by atoms with Crippen LogP contribution in [0.5, 0.6) is 0 Å². The zero-order valence-corrected chi connectivity index (χ0v) is 19.8. The smallest absolute Gasteiger partial charge is 0.233 e. The number of hydrogen-bond donors (Lipinski definition) is 0. The van der Waals surface area contributed by atoms with Crippen LogP contribution in [0.15, 0.2) is 43.3 Å². The van der Waals surface area contributed by atoms with Gasteiger partial charge in [0.2, 0.25) is 5.91 Å². The average Bonchev–Trinajstić information content (AvgIpc) is 3.85. The Balaban J connectivity index is 1.33. The summed E-state index contributed by atoms with van der Waals surface area (Å²) >= 11 is 0. The van der Waals surface area contributed by atoms with E-state index in [9.17, 15) is 10.1 Å². The minimum Gasteiger partial charge on any atom is -0.500 e. The second kappa shape index (κ2) is 8.84. The molecule has 0 spiro atoms. The zero-order valence-electron chi connectivity index (χ0n) is 19.8. The fraction of sp³-hybridized carbons (Fsp3) is 0.429. The minimum absolute atomic E-state index is 0.151. The monoisotopic (exact) mass is 467 g/mol. The molecule has 2 saturated carbocycles. The van der Waals surface area contributed by atoms with Crippen LogP contribution in [-0.4, -0.2) is 53.1 Å². The number of aromatic nitrogens is 2. The predicted molar refractivity (Wildman–Crippen MR) is 133 cm³/mol. The van der Waals surface area contributed by atoms with Crippen molar-refractivity contribution in [1.29, 1.82) is 5.26 Å². The number of nitriles is 1. The molecule has 3 fully saturated rings. The van der Waals surface area contributed by atoms with Gasteiger partial charge in [0.05, 0.1) is 35.2 Å². The van der Waals surface area contributed by atoms with E-state index in [1.54, 1.807) is 18.5 Å². The van der Waals surface area contributed by atoms with Gasteiger partial charge in [-0.15, -0.1) is 0 Å². The van der Waals surface area contributed by atoms with Crippen molar-refractivity contribution >= 4 is 17.8 Å². The highest BCUT2D eigenvalue weighted by Crippen LogP contribution is 2.45. The zero-order chi connectivity index (χ0) is 23.9. The molecule has 4 heterocycles. The lowest BCUT2D eigenvalue weighted by molar-refractivity contribution is -0.137. The van der Waals surface area contributed by atoms with Crippen LogP contribution in [0.4, 0.5) is 5.82 Å². The summed E-state index contributed by atoms with van der Waals surface area (Å²) in [6.45, 7) is 6.31. The molecule has 2 aliphatic carbocycles. The fourth-order valence-corrected chi connectivity index (χ4v) is 5.36. The molecule has 0 bridgehead atoms. The lowest BCUT2D eigenvalue weighted by Gasteiger charge is -2.43. The first-order valence-electron chi connectivity index (χ1n) is 12.5. The van der Waals surface area contributed by atoms with Gasteiger partial charge in [0.25, 0.3) is 0 Å². The molecule has 1 unspecified atom stereocenters. The first-order chi connectivity index (χ1) is 17.2. The van der Waals surface area contributed by atoms with E-state index in [4.69, 9.17) is 9.72 Å². The van der Waals surface area contributed by atoms with Crippen molar-refractivity contribution in [2.45, 2.75) is 37.6 Å². The second-order valence-corrected chi connectivity index (χ2v) is 10.0. The number of rotatable bonds is 6. The summed E-state index contributed by atoms with van der Waals surface area (Å²) in [5, 5.41) is 10.1. The number of carbonyl (C=O) groups is 1. The van der Waals surface area contributed by atoms with E-state index in [2.05, 4.69) is 27.4 Å². The lowest BCUT2D eigenvalue weighted by Crippen LogP contribution is -2.57. The maximum absolute atomic E-state index is 13.2. The highest BCUT2D eigenvalue weighted by molar-refractivity contribution is 5.82. The molecular weight excluding hydrogens is 438 g/mol. The molecule has 178 valence electrons. The van der Waals surface area contributed by atoms with Crippen LogP contribution < -0.4 is 4.90 Å². The lowest BCUT2D eigenvalue weighted by atomic mass is 9.98. The Morgan fingerprint density at radius 1 is 1.23 bits per heavy atom. The third kappa shape index (κ3) is 4.18. The van der Waals surface area contributed by atoms with Crippen molar-refractivity contribution in [2.24, 2.45) is 11.8 Å². The van der Waals surface area contributed by atoms with Gasteiger partial charge in [-0.3, -0.25) is 9.78 Å². The molecular formula is C28H29N5O2. The van der Waals surface area contributed by atoms with E-state index < -0.39 is 0 Å². The second-order valence-electron chi connectivity index (χ2n) is 10.0. The van der Waals surface area contributed by atoms with Crippen LogP contribution >= 0.6 is 0 Å². The largest absolute Gasteiger partial charge is 0.500 e. The van der Waals surface area contributed by atoms with E-state index in [1.165, 1.54) is 0 Å². The maximum atomic E-state index is 13.2. The van der Waals surface area contributed by atoms with E-state index in [1.807, 2.05) is 24.3 Å². The average molecular weight is 468 g/mol. The molecule has 2 aliphatic heterocycles. The SMILES string of the molecule is C=Cc1cc(-c2cc(C#N)c(N3CCN(C(=O)C4C=COC4)[C@H](C4CC4)C3)nc2C2CC2)ccn1. The number of hydrogen-bond acceptors (Lipinski definition) is 6. The maximum Gasteiger partial charge on any atom is 0.233 e. The van der Waals surface area contributed by atoms with E-state index >= 15 is 0 Å². The molecule has 0 N–H and O–H groups in total. The van der Waals surface area contributed by atoms with Gasteiger partial charge in [0.15, 0.2) is 0 Å². The Morgan fingerprint density at radius 2 is 2.09 bits per heavy atom. The Morgan fingerprint density at radius 3 is 2.77 bits per heavy atom. The van der Waals surface area contributed by atoms with Gasteiger partial charge >= 0.3 is 0 Å². The molecule has 7 nitrogen and oxygen atoms in total. The van der Waals surface area contributed by atoms with Gasteiger partial charge in [-0.25, -0.2) is 4.98 Å². The van der Waals surface area contributed by atoms with Gasteiger partial charge in [0, 0.05) is 37.3 Å². The number of pyridine rings is 2. The first-order valence-corrected chi connectivity index (χ1v) is 12.5. The predicted octanol–water partition coefficient (Wildman–Crippen LogP) is 4.12. The number of carbonyl (C=O) groups excluding carboxylic acids is 1. The van der Waals surface area contributed by atoms with Gasteiger partial charge in [0.1, 0.15) is 18.5 Å². The van der Waals surface area contributed by atoms with Gasteiger partial charge in [-0.2, -0.15) is 5.26 Å². The molecule has 2 aromatic rings. The van der Waals surface area contributed by atoms with Gasteiger partial charge in [-0.1, -0.05) is 6.58 Å². The van der Waals surface area contributed by atoms with Crippen molar-refractivity contribution in [3.05, 3.63) is 60.3 Å². The van der Waals surface area contributed by atoms with Crippen LogP contribution in [0, 0.1) is 23.2 Å². The summed E-state index contributed by atoms with van der Waals surface area (Å²) < 4.78 is 5.31. The quantitative estimate of drug-likeness (QED) is 0.636. The Hall–Kier alpha value is -3.66. The molecule has 0 radical (unpaired) electrons. The highest BCUT2D eigenvalue weighted by Gasteiger charge is 2.43. The summed E-state index contributed by atoms with van der Waals surface area (Å²) in [5.74, 6) is 1.69. The number of ether oxygens (including phenoxy) is 1. The van der Waals surface area contributed by atoms with Crippen molar-refractivity contribution in [3.8, 4) is 17.2 Å². The molecule has 35 heavy (non-hydrogen) atoms. The Kier molecular flexibility index (Phi) is 5.52. The van der Waals surface area contributed by atoms with Crippen molar-refractivity contribution in [3.63, 3.8) is 0 Å². The van der Waals surface area contributed by atoms with Crippen LogP contribution in [0.1, 0.15) is 48.6 Å². The number of piperazine rings is 1. The molecule has 4 aliphatic rings. The molecule has 1 saturated heterocycles. The molecule has 0 aromatic carbocycles. The van der Waals surface area contributed by atoms with E-state index in [0.29, 0.717) is 43.6 Å². The highest BCUT2D eigenvalue weighted by atomic mass is 16.5. The summed E-state index contributed by atoms with van der Waals surface area (Å²) in [4.78, 5) is 27.0. The molecule has 7 heteroatoms. The third-order valence-electron chi connectivity index (χ3n) is 7.59. The van der Waals surface area contributed by atoms with Crippen LogP contribution in [-0.2, 0) is 9.53 Å². The van der Waals surface area contributed by atoms with Crippen LogP contribution in [0.2, 0.25) is 0 Å². The molecule has 6 rings (SSSR count). The number of amides is 1. The van der Waals surface area contributed by atoms with Crippen molar-refractivity contribution in [2.75, 3.05) is 31.1 Å². The summed E-state index contributed by atoms with van der Waals surface area (Å²) in [7, 11) is 0. The summed E-state index contributed by atoms with van der Waals surface area (Å²) in [5.41, 5.74) is 4.49. The Labute approximate surface area is 205 Å². The summed E-state index contributed by atoms with van der Waals surface area (Å²) in [6, 6.07) is 8.55. The van der Waals surface area contributed by atoms with Crippen molar-refractivity contribution in [1.82, 2.24) is 14.9 Å². The van der Waals surface area contributed by atoms with Gasteiger partial charge in [-0.05, 0) is 67.5 Å². The minimum atomic E-state index is -0.183. The standard InChI is InChI=1S/C28H29N5O2/c1-2-23-13-20(7-9-30-23)24-14-22(15-29)27(31-26(24)19-5-6-19)32-10-11-33(25(16-32)18-3-4-18)28(34)21-8-12-35-17-21/h2,7-9,12-14,18-19,21,25H,1,3-6,10-11,16-17H2/t21?,25-/m0/s1. The first kappa shape index (κ1) is 21.8. The third-order valence-corrected chi connectivity index (χ3v) is 7.59. The molecule has 2 atom stereocenters. The summed E-state index contributed by atoms with van der Waals surface area (Å²) in [6.07, 6.45) is 11.6. The van der Waals surface area contributed by atoms with Crippen LogP contribution in [0.3, 0.4) is 0 Å².